The van der Waals surface area contributed by atoms with Crippen LogP contribution in [0, 0.1) is 6.92 Å². The Kier molecular flexibility index (Phi) is 3.22. The zero-order valence-electron chi connectivity index (χ0n) is 9.10. The van der Waals surface area contributed by atoms with Gasteiger partial charge < -0.3 is 14.6 Å². The van der Waals surface area contributed by atoms with E-state index in [1.54, 1.807) is 18.2 Å². The summed E-state index contributed by atoms with van der Waals surface area (Å²) in [4.78, 5) is 10.9. The molecule has 0 aromatic heterocycles. The highest BCUT2D eigenvalue weighted by atomic mass is 16.6. The van der Waals surface area contributed by atoms with Gasteiger partial charge in [0.1, 0.15) is 6.10 Å². The van der Waals surface area contributed by atoms with Crippen molar-refractivity contribution in [3.05, 3.63) is 34.9 Å². The van der Waals surface area contributed by atoms with E-state index >= 15 is 0 Å². The molecule has 1 atom stereocenters. The molecule has 4 heteroatoms. The number of carbonyl (C=O) groups is 1. The monoisotopic (exact) mass is 222 g/mol. The Morgan fingerprint density at radius 1 is 1.44 bits per heavy atom. The summed E-state index contributed by atoms with van der Waals surface area (Å²) in [5.41, 5.74) is 2.22. The van der Waals surface area contributed by atoms with E-state index < -0.39 is 5.97 Å². The van der Waals surface area contributed by atoms with Crippen LogP contribution in [-0.4, -0.2) is 30.9 Å². The van der Waals surface area contributed by atoms with Gasteiger partial charge in [-0.3, -0.25) is 0 Å². The topological polar surface area (TPSA) is 55.8 Å². The number of hydrogen-bond donors (Lipinski definition) is 1. The van der Waals surface area contributed by atoms with Gasteiger partial charge in [0, 0.05) is 0 Å². The lowest BCUT2D eigenvalue weighted by atomic mass is 10.0. The number of aromatic carboxylic acids is 1. The Labute approximate surface area is 93.8 Å². The highest BCUT2D eigenvalue weighted by molar-refractivity contribution is 5.87. The second-order valence-corrected chi connectivity index (χ2v) is 3.81. The van der Waals surface area contributed by atoms with Crippen LogP contribution in [0.2, 0.25) is 0 Å². The van der Waals surface area contributed by atoms with Gasteiger partial charge in [0.05, 0.1) is 25.4 Å². The smallest absolute Gasteiger partial charge is 0.335 e. The first kappa shape index (κ1) is 11.1. The van der Waals surface area contributed by atoms with Crippen molar-refractivity contribution in [2.24, 2.45) is 0 Å². The molecule has 86 valence electrons. The third-order valence-corrected chi connectivity index (χ3v) is 2.69. The molecule has 16 heavy (non-hydrogen) atoms. The minimum atomic E-state index is -0.919. The predicted molar refractivity (Wildman–Crippen MR) is 57.7 cm³/mol. The number of benzene rings is 1. The normalized spacial score (nSPS) is 20.7. The molecule has 1 unspecified atom stereocenters. The predicted octanol–water partition coefficient (Wildman–Crippen LogP) is 1.78. The van der Waals surface area contributed by atoms with Gasteiger partial charge in [-0.2, -0.15) is 0 Å². The van der Waals surface area contributed by atoms with E-state index in [9.17, 15) is 4.79 Å². The summed E-state index contributed by atoms with van der Waals surface area (Å²) in [5.74, 6) is -0.919. The van der Waals surface area contributed by atoms with Crippen molar-refractivity contribution >= 4 is 5.97 Å². The quantitative estimate of drug-likeness (QED) is 0.828. The molecule has 0 bridgehead atoms. The van der Waals surface area contributed by atoms with Gasteiger partial charge in [0.25, 0.3) is 0 Å². The first-order valence-corrected chi connectivity index (χ1v) is 5.21. The van der Waals surface area contributed by atoms with Crippen LogP contribution in [0.5, 0.6) is 0 Å². The van der Waals surface area contributed by atoms with E-state index in [-0.39, 0.29) is 11.7 Å². The molecule has 4 nitrogen and oxygen atoms in total. The lowest BCUT2D eigenvalue weighted by molar-refractivity contribution is -0.0903. The van der Waals surface area contributed by atoms with Gasteiger partial charge in [-0.15, -0.1) is 0 Å². The molecule has 0 aliphatic carbocycles. The van der Waals surface area contributed by atoms with Gasteiger partial charge >= 0.3 is 5.97 Å². The Balaban J connectivity index is 2.30. The molecule has 1 aliphatic rings. The highest BCUT2D eigenvalue weighted by Crippen LogP contribution is 2.25. The van der Waals surface area contributed by atoms with Crippen molar-refractivity contribution < 1.29 is 19.4 Å². The molecular formula is C12H14O4. The fraction of sp³-hybridized carbons (Fsp3) is 0.417. The number of aryl methyl sites for hydroxylation is 1. The minimum absolute atomic E-state index is 0.145. The third kappa shape index (κ3) is 2.23. The zero-order valence-corrected chi connectivity index (χ0v) is 9.10. The molecule has 1 heterocycles. The summed E-state index contributed by atoms with van der Waals surface area (Å²) in [6.07, 6.45) is -0.145. The van der Waals surface area contributed by atoms with E-state index in [0.29, 0.717) is 19.8 Å². The van der Waals surface area contributed by atoms with Crippen molar-refractivity contribution in [2.75, 3.05) is 19.8 Å². The number of ether oxygens (including phenoxy) is 2. The maximum absolute atomic E-state index is 10.9. The molecule has 1 aromatic carbocycles. The number of rotatable bonds is 2. The summed E-state index contributed by atoms with van der Waals surface area (Å²) >= 11 is 0. The Bertz CT molecular complexity index is 394. The first-order valence-electron chi connectivity index (χ1n) is 5.21. The van der Waals surface area contributed by atoms with Crippen molar-refractivity contribution in [2.45, 2.75) is 13.0 Å². The summed E-state index contributed by atoms with van der Waals surface area (Å²) in [7, 11) is 0. The average Bonchev–Trinajstić information content (AvgIpc) is 2.30. The van der Waals surface area contributed by atoms with Crippen LogP contribution in [0.15, 0.2) is 18.2 Å². The van der Waals surface area contributed by atoms with Gasteiger partial charge in [-0.1, -0.05) is 6.07 Å². The van der Waals surface area contributed by atoms with Crippen LogP contribution in [0.3, 0.4) is 0 Å². The van der Waals surface area contributed by atoms with Crippen LogP contribution in [0.1, 0.15) is 27.6 Å². The van der Waals surface area contributed by atoms with E-state index in [4.69, 9.17) is 14.6 Å². The van der Waals surface area contributed by atoms with E-state index in [0.717, 1.165) is 11.1 Å². The van der Waals surface area contributed by atoms with Crippen LogP contribution >= 0.6 is 0 Å². The standard InChI is InChI=1S/C12H14O4/c1-8-2-3-9(12(13)14)6-10(8)11-7-15-4-5-16-11/h2-3,6,11H,4-5,7H2,1H3,(H,13,14). The molecule has 0 radical (unpaired) electrons. The molecule has 0 saturated carbocycles. The molecule has 2 rings (SSSR count). The largest absolute Gasteiger partial charge is 0.478 e. The first-order chi connectivity index (χ1) is 7.68. The molecule has 1 fully saturated rings. The Hall–Kier alpha value is -1.39. The fourth-order valence-electron chi connectivity index (χ4n) is 1.79. The lowest BCUT2D eigenvalue weighted by Crippen LogP contribution is -2.22. The van der Waals surface area contributed by atoms with Gasteiger partial charge in [0.15, 0.2) is 0 Å². The summed E-state index contributed by atoms with van der Waals surface area (Å²) in [5, 5.41) is 8.93. The third-order valence-electron chi connectivity index (χ3n) is 2.69. The molecule has 1 saturated heterocycles. The maximum Gasteiger partial charge on any atom is 0.335 e. The van der Waals surface area contributed by atoms with Crippen molar-refractivity contribution in [3.8, 4) is 0 Å². The summed E-state index contributed by atoms with van der Waals surface area (Å²) < 4.78 is 10.9. The molecule has 1 aliphatic heterocycles. The van der Waals surface area contributed by atoms with E-state index in [1.165, 1.54) is 0 Å². The maximum atomic E-state index is 10.9. The Morgan fingerprint density at radius 2 is 2.25 bits per heavy atom. The van der Waals surface area contributed by atoms with Gasteiger partial charge in [-0.25, -0.2) is 4.79 Å². The summed E-state index contributed by atoms with van der Waals surface area (Å²) in [6, 6.07) is 5.07. The minimum Gasteiger partial charge on any atom is -0.478 e. The van der Waals surface area contributed by atoms with Gasteiger partial charge in [0.2, 0.25) is 0 Å². The second-order valence-electron chi connectivity index (χ2n) is 3.81. The average molecular weight is 222 g/mol. The number of hydrogen-bond acceptors (Lipinski definition) is 3. The lowest BCUT2D eigenvalue weighted by Gasteiger charge is -2.24. The van der Waals surface area contributed by atoms with E-state index in [2.05, 4.69) is 0 Å². The Morgan fingerprint density at radius 3 is 2.88 bits per heavy atom. The second kappa shape index (κ2) is 4.63. The zero-order chi connectivity index (χ0) is 11.5. The molecule has 1 aromatic rings. The van der Waals surface area contributed by atoms with Crippen LogP contribution in [0.25, 0.3) is 0 Å². The van der Waals surface area contributed by atoms with Gasteiger partial charge in [-0.05, 0) is 30.2 Å². The molecule has 0 spiro atoms. The molecule has 0 amide bonds. The van der Waals surface area contributed by atoms with Crippen molar-refractivity contribution in [3.63, 3.8) is 0 Å². The van der Waals surface area contributed by atoms with Crippen LogP contribution in [-0.2, 0) is 9.47 Å². The molecule has 1 N–H and O–H groups in total. The van der Waals surface area contributed by atoms with Crippen LogP contribution < -0.4 is 0 Å². The van der Waals surface area contributed by atoms with E-state index in [1.807, 2.05) is 6.92 Å². The fourth-order valence-corrected chi connectivity index (χ4v) is 1.79. The SMILES string of the molecule is Cc1ccc(C(=O)O)cc1C1COCCO1. The number of carboxylic acid groups (broad SMARTS) is 1. The summed E-state index contributed by atoms with van der Waals surface area (Å²) in [6.45, 7) is 3.60. The van der Waals surface area contributed by atoms with Crippen molar-refractivity contribution in [1.29, 1.82) is 0 Å². The molecular weight excluding hydrogens is 208 g/mol. The van der Waals surface area contributed by atoms with Crippen LogP contribution in [0.4, 0.5) is 0 Å². The number of carboxylic acids is 1. The van der Waals surface area contributed by atoms with Crippen molar-refractivity contribution in [1.82, 2.24) is 0 Å². The highest BCUT2D eigenvalue weighted by Gasteiger charge is 2.19.